The number of allylic oxidation sites excluding steroid dienone is 2. The lowest BCUT2D eigenvalue weighted by molar-refractivity contribution is 0.0968. The first-order chi connectivity index (χ1) is 18.6. The van der Waals surface area contributed by atoms with E-state index >= 15 is 0 Å². The molecule has 194 valence electrons. The average Bonchev–Trinajstić information content (AvgIpc) is 3.29. The number of anilines is 2. The number of fused-ring (bicyclic) bond motifs is 4. The van der Waals surface area contributed by atoms with Crippen LogP contribution in [0.2, 0.25) is 0 Å². The molecule has 4 atom stereocenters. The Bertz CT molecular complexity index is 1410. The number of carbonyl (C=O) groups is 1. The largest absolute Gasteiger partial charge is 0.504 e. The van der Waals surface area contributed by atoms with Gasteiger partial charge in [-0.25, -0.2) is 0 Å². The van der Waals surface area contributed by atoms with E-state index in [4.69, 9.17) is 10.5 Å². The molecule has 3 aromatic carbocycles. The molecule has 6 nitrogen and oxygen atoms in total. The van der Waals surface area contributed by atoms with Gasteiger partial charge in [-0.05, 0) is 67.3 Å². The van der Waals surface area contributed by atoms with Gasteiger partial charge >= 0.3 is 0 Å². The molecular weight excluding hydrogens is 474 g/mol. The molecule has 0 radical (unpaired) electrons. The lowest BCUT2D eigenvalue weighted by Crippen LogP contribution is -2.49. The van der Waals surface area contributed by atoms with Gasteiger partial charge in [-0.15, -0.1) is 0 Å². The standard InChI is InChI=1S/C32H33N3O3/c1-38-31-17-16-21(19-30(31)36)32(37)34-22(9-8-18-33)20-29(25-12-4-7-15-28(25)34)35-26-13-5-2-10-23(26)24-11-3-6-14-27(24)35/h2-7,10-17,19,22-23,26,29,36H,8-9,18,20,33H2,1H3. The minimum atomic E-state index is -0.129. The Morgan fingerprint density at radius 1 is 1.00 bits per heavy atom. The van der Waals surface area contributed by atoms with Crippen LogP contribution in [-0.4, -0.2) is 36.8 Å². The summed E-state index contributed by atoms with van der Waals surface area (Å²) >= 11 is 0. The first kappa shape index (κ1) is 24.3. The van der Waals surface area contributed by atoms with Crippen molar-refractivity contribution >= 4 is 17.3 Å². The van der Waals surface area contributed by atoms with Gasteiger partial charge in [-0.2, -0.15) is 0 Å². The highest BCUT2D eigenvalue weighted by atomic mass is 16.5. The van der Waals surface area contributed by atoms with Crippen LogP contribution in [0.25, 0.3) is 0 Å². The Hall–Kier alpha value is -4.03. The fraction of sp³-hybridized carbons (Fsp3) is 0.281. The quantitative estimate of drug-likeness (QED) is 0.448. The molecule has 6 heteroatoms. The van der Waals surface area contributed by atoms with E-state index in [0.29, 0.717) is 23.8 Å². The second-order valence-corrected chi connectivity index (χ2v) is 10.2. The molecule has 38 heavy (non-hydrogen) atoms. The van der Waals surface area contributed by atoms with Crippen LogP contribution >= 0.6 is 0 Å². The van der Waals surface area contributed by atoms with E-state index in [1.807, 2.05) is 17.0 Å². The molecule has 3 aromatic rings. The number of nitrogens with zero attached hydrogens (tertiary/aromatic N) is 2. The normalized spacial score (nSPS) is 23.1. The predicted molar refractivity (Wildman–Crippen MR) is 151 cm³/mol. The third-order valence-corrected chi connectivity index (χ3v) is 8.14. The van der Waals surface area contributed by atoms with Crippen LogP contribution in [0, 0.1) is 0 Å². The van der Waals surface area contributed by atoms with Crippen molar-refractivity contribution in [2.75, 3.05) is 23.5 Å². The molecule has 4 unspecified atom stereocenters. The molecule has 0 bridgehead atoms. The van der Waals surface area contributed by atoms with E-state index in [1.165, 1.54) is 24.4 Å². The van der Waals surface area contributed by atoms with Crippen molar-refractivity contribution in [3.8, 4) is 11.5 Å². The zero-order valence-electron chi connectivity index (χ0n) is 21.5. The smallest absolute Gasteiger partial charge is 0.258 e. The lowest BCUT2D eigenvalue weighted by atomic mass is 9.85. The van der Waals surface area contributed by atoms with Gasteiger partial charge in [-0.3, -0.25) is 4.79 Å². The highest BCUT2D eigenvalue weighted by Crippen LogP contribution is 2.52. The topological polar surface area (TPSA) is 79.0 Å². The number of para-hydroxylation sites is 2. The van der Waals surface area contributed by atoms with E-state index in [1.54, 1.807) is 12.1 Å². The third-order valence-electron chi connectivity index (χ3n) is 8.14. The fourth-order valence-corrected chi connectivity index (χ4v) is 6.47. The van der Waals surface area contributed by atoms with Gasteiger partial charge in [0.05, 0.1) is 19.2 Å². The van der Waals surface area contributed by atoms with E-state index in [0.717, 1.165) is 30.5 Å². The van der Waals surface area contributed by atoms with Crippen LogP contribution in [0.1, 0.15) is 52.7 Å². The van der Waals surface area contributed by atoms with Crippen LogP contribution in [-0.2, 0) is 0 Å². The molecule has 3 aliphatic rings. The molecule has 0 aromatic heterocycles. The monoisotopic (exact) mass is 507 g/mol. The number of nitrogens with two attached hydrogens (primary N) is 1. The molecule has 0 fully saturated rings. The maximum absolute atomic E-state index is 14.1. The molecule has 1 amide bonds. The molecule has 3 N–H and O–H groups in total. The zero-order valence-corrected chi connectivity index (χ0v) is 21.5. The summed E-state index contributed by atoms with van der Waals surface area (Å²) in [6.07, 6.45) is 11.3. The van der Waals surface area contributed by atoms with Crippen molar-refractivity contribution in [1.29, 1.82) is 0 Å². The number of hydrogen-bond donors (Lipinski definition) is 2. The summed E-state index contributed by atoms with van der Waals surface area (Å²) in [7, 11) is 1.50. The van der Waals surface area contributed by atoms with Crippen molar-refractivity contribution in [2.24, 2.45) is 5.73 Å². The number of amides is 1. The summed E-state index contributed by atoms with van der Waals surface area (Å²) in [6.45, 7) is 0.568. The van der Waals surface area contributed by atoms with Gasteiger partial charge in [0.2, 0.25) is 0 Å². The van der Waals surface area contributed by atoms with Crippen molar-refractivity contribution in [3.63, 3.8) is 0 Å². The minimum absolute atomic E-state index is 0.0375. The zero-order chi connectivity index (χ0) is 26.2. The van der Waals surface area contributed by atoms with E-state index in [9.17, 15) is 9.90 Å². The van der Waals surface area contributed by atoms with Crippen LogP contribution in [0.5, 0.6) is 11.5 Å². The van der Waals surface area contributed by atoms with Crippen molar-refractivity contribution < 1.29 is 14.6 Å². The maximum Gasteiger partial charge on any atom is 0.258 e. The molecule has 1 aliphatic carbocycles. The van der Waals surface area contributed by atoms with E-state index in [2.05, 4.69) is 65.6 Å². The van der Waals surface area contributed by atoms with Crippen molar-refractivity contribution in [3.05, 3.63) is 108 Å². The Labute approximate surface area is 223 Å². The molecule has 2 aliphatic heterocycles. The highest BCUT2D eigenvalue weighted by molar-refractivity contribution is 6.07. The summed E-state index contributed by atoms with van der Waals surface area (Å²) in [6, 6.07) is 22.1. The van der Waals surface area contributed by atoms with E-state index in [-0.39, 0.29) is 29.8 Å². The number of ether oxygens (including phenoxy) is 1. The molecule has 0 saturated carbocycles. The SMILES string of the molecule is COc1ccc(C(=O)N2c3ccccc3C(N3c4ccccc4C4C=CC=CC43)CC2CCCN)cc1O. The van der Waals surface area contributed by atoms with Gasteiger partial charge < -0.3 is 25.4 Å². The van der Waals surface area contributed by atoms with Crippen LogP contribution < -0.4 is 20.3 Å². The Morgan fingerprint density at radius 2 is 1.74 bits per heavy atom. The number of phenolic OH excluding ortho intramolecular Hbond substituents is 1. The summed E-state index contributed by atoms with van der Waals surface area (Å²) in [4.78, 5) is 18.5. The molecular formula is C32H33N3O3. The highest BCUT2D eigenvalue weighted by Gasteiger charge is 2.45. The molecule has 0 saturated heterocycles. The first-order valence-corrected chi connectivity index (χ1v) is 13.3. The number of methoxy groups -OCH3 is 1. The third kappa shape index (κ3) is 3.96. The average molecular weight is 508 g/mol. The van der Waals surface area contributed by atoms with Crippen LogP contribution in [0.15, 0.2) is 91.0 Å². The predicted octanol–water partition coefficient (Wildman–Crippen LogP) is 5.70. The van der Waals surface area contributed by atoms with Crippen molar-refractivity contribution in [2.45, 2.75) is 43.3 Å². The second-order valence-electron chi connectivity index (χ2n) is 10.2. The van der Waals surface area contributed by atoms with Crippen LogP contribution in [0.3, 0.4) is 0 Å². The Kier molecular flexibility index (Phi) is 6.42. The number of phenols is 1. The lowest BCUT2D eigenvalue weighted by Gasteiger charge is -2.46. The first-order valence-electron chi connectivity index (χ1n) is 13.3. The van der Waals surface area contributed by atoms with Crippen molar-refractivity contribution in [1.82, 2.24) is 0 Å². The second kappa shape index (κ2) is 10.0. The van der Waals surface area contributed by atoms with Gasteiger partial charge in [-0.1, -0.05) is 60.7 Å². The summed E-state index contributed by atoms with van der Waals surface area (Å²) < 4.78 is 5.19. The summed E-state index contributed by atoms with van der Waals surface area (Å²) in [5.41, 5.74) is 11.1. The number of rotatable bonds is 6. The number of hydrogen-bond acceptors (Lipinski definition) is 5. The Morgan fingerprint density at radius 3 is 2.50 bits per heavy atom. The van der Waals surface area contributed by atoms with Gasteiger partial charge in [0.25, 0.3) is 5.91 Å². The number of benzene rings is 3. The summed E-state index contributed by atoms with van der Waals surface area (Å²) in [5.74, 6) is 0.484. The minimum Gasteiger partial charge on any atom is -0.504 e. The van der Waals surface area contributed by atoms with Gasteiger partial charge in [0.15, 0.2) is 11.5 Å². The number of carbonyl (C=O) groups excluding carboxylic acids is 1. The van der Waals surface area contributed by atoms with E-state index < -0.39 is 0 Å². The van der Waals surface area contributed by atoms with Gasteiger partial charge in [0, 0.05) is 28.9 Å². The molecule has 2 heterocycles. The van der Waals surface area contributed by atoms with Gasteiger partial charge in [0.1, 0.15) is 0 Å². The number of aromatic hydroxyl groups is 1. The summed E-state index contributed by atoms with van der Waals surface area (Å²) in [5, 5.41) is 10.4. The molecule has 6 rings (SSSR count). The fourth-order valence-electron chi connectivity index (χ4n) is 6.47. The van der Waals surface area contributed by atoms with Crippen LogP contribution in [0.4, 0.5) is 11.4 Å². The maximum atomic E-state index is 14.1. The Balaban J connectivity index is 1.45. The molecule has 0 spiro atoms.